The zero-order chi connectivity index (χ0) is 12.1. The van der Waals surface area contributed by atoms with E-state index < -0.39 is 0 Å². The zero-order valence-corrected chi connectivity index (χ0v) is 10.8. The van der Waals surface area contributed by atoms with E-state index >= 15 is 0 Å². The lowest BCUT2D eigenvalue weighted by molar-refractivity contribution is 0.372. The summed E-state index contributed by atoms with van der Waals surface area (Å²) >= 11 is 5.91. The Morgan fingerprint density at radius 2 is 2.12 bits per heavy atom. The summed E-state index contributed by atoms with van der Waals surface area (Å²) in [6.45, 7) is 4.27. The standard InChI is InChI=1S/C13H19ClFN/c1-4-5-9(2)13(16-3)11-8-10(14)6-7-12(11)15/h6-9,13,16H,4-5H2,1-3H3. The molecule has 0 fully saturated rings. The molecule has 1 nitrogen and oxygen atoms in total. The highest BCUT2D eigenvalue weighted by Crippen LogP contribution is 2.29. The van der Waals surface area contributed by atoms with Crippen LogP contribution < -0.4 is 5.32 Å². The van der Waals surface area contributed by atoms with Crippen LogP contribution >= 0.6 is 11.6 Å². The Morgan fingerprint density at radius 3 is 2.69 bits per heavy atom. The third-order valence-electron chi connectivity index (χ3n) is 2.92. The van der Waals surface area contributed by atoms with Gasteiger partial charge in [-0.3, -0.25) is 0 Å². The Kier molecular flexibility index (Phi) is 5.23. The smallest absolute Gasteiger partial charge is 0.128 e. The van der Waals surface area contributed by atoms with Gasteiger partial charge in [-0.25, -0.2) is 4.39 Å². The molecule has 1 aromatic carbocycles. The quantitative estimate of drug-likeness (QED) is 0.818. The van der Waals surface area contributed by atoms with Gasteiger partial charge in [-0.1, -0.05) is 31.9 Å². The lowest BCUT2D eigenvalue weighted by Gasteiger charge is -2.24. The third kappa shape index (κ3) is 3.19. The van der Waals surface area contributed by atoms with Crippen LogP contribution in [0.1, 0.15) is 38.3 Å². The minimum atomic E-state index is -0.188. The van der Waals surface area contributed by atoms with Crippen LogP contribution in [0.2, 0.25) is 5.02 Å². The highest BCUT2D eigenvalue weighted by Gasteiger charge is 2.20. The van der Waals surface area contributed by atoms with Crippen molar-refractivity contribution in [1.82, 2.24) is 5.32 Å². The molecule has 0 heterocycles. The summed E-state index contributed by atoms with van der Waals surface area (Å²) < 4.78 is 13.7. The van der Waals surface area contributed by atoms with Crippen molar-refractivity contribution < 1.29 is 4.39 Å². The first-order chi connectivity index (χ1) is 7.60. The van der Waals surface area contributed by atoms with Gasteiger partial charge in [0.2, 0.25) is 0 Å². The molecule has 0 spiro atoms. The summed E-state index contributed by atoms with van der Waals surface area (Å²) in [5.74, 6) is 0.203. The average Bonchev–Trinajstić information content (AvgIpc) is 2.24. The highest BCUT2D eigenvalue weighted by atomic mass is 35.5. The molecule has 90 valence electrons. The van der Waals surface area contributed by atoms with Gasteiger partial charge in [-0.05, 0) is 37.6 Å². The Labute approximate surface area is 102 Å². The molecule has 0 aliphatic rings. The van der Waals surface area contributed by atoms with Crippen LogP contribution in [-0.4, -0.2) is 7.05 Å². The summed E-state index contributed by atoms with van der Waals surface area (Å²) in [7, 11) is 1.86. The number of rotatable bonds is 5. The van der Waals surface area contributed by atoms with Gasteiger partial charge in [0.25, 0.3) is 0 Å². The summed E-state index contributed by atoms with van der Waals surface area (Å²) in [6.07, 6.45) is 2.17. The van der Waals surface area contributed by atoms with Crippen molar-refractivity contribution in [1.29, 1.82) is 0 Å². The number of halogens is 2. The van der Waals surface area contributed by atoms with E-state index in [4.69, 9.17) is 11.6 Å². The molecular weight excluding hydrogens is 225 g/mol. The molecule has 2 unspecified atom stereocenters. The molecule has 0 aliphatic heterocycles. The Balaban J connectivity index is 2.98. The normalized spacial score (nSPS) is 14.8. The predicted molar refractivity (Wildman–Crippen MR) is 67.3 cm³/mol. The topological polar surface area (TPSA) is 12.0 Å². The van der Waals surface area contributed by atoms with Crippen molar-refractivity contribution in [3.05, 3.63) is 34.6 Å². The molecule has 0 amide bonds. The van der Waals surface area contributed by atoms with Crippen molar-refractivity contribution in [2.75, 3.05) is 7.05 Å². The largest absolute Gasteiger partial charge is 0.313 e. The fraction of sp³-hybridized carbons (Fsp3) is 0.538. The number of nitrogens with one attached hydrogen (secondary N) is 1. The van der Waals surface area contributed by atoms with Gasteiger partial charge in [0.15, 0.2) is 0 Å². The number of hydrogen-bond acceptors (Lipinski definition) is 1. The maximum atomic E-state index is 13.7. The van der Waals surface area contributed by atoms with Crippen molar-refractivity contribution in [2.45, 2.75) is 32.7 Å². The van der Waals surface area contributed by atoms with Gasteiger partial charge < -0.3 is 5.32 Å². The summed E-state index contributed by atoms with van der Waals surface area (Å²) in [6, 6.07) is 4.75. The van der Waals surface area contributed by atoms with E-state index in [1.165, 1.54) is 6.07 Å². The van der Waals surface area contributed by atoms with E-state index in [0.29, 0.717) is 16.5 Å². The molecule has 0 bridgehead atoms. The van der Waals surface area contributed by atoms with Gasteiger partial charge in [-0.15, -0.1) is 0 Å². The van der Waals surface area contributed by atoms with Crippen LogP contribution in [0.5, 0.6) is 0 Å². The lowest BCUT2D eigenvalue weighted by atomic mass is 9.91. The summed E-state index contributed by atoms with van der Waals surface area (Å²) in [4.78, 5) is 0. The number of hydrogen-bond donors (Lipinski definition) is 1. The third-order valence-corrected chi connectivity index (χ3v) is 3.15. The van der Waals surface area contributed by atoms with Gasteiger partial charge in [0.05, 0.1) is 0 Å². The van der Waals surface area contributed by atoms with Gasteiger partial charge in [-0.2, -0.15) is 0 Å². The molecule has 3 heteroatoms. The van der Waals surface area contributed by atoms with E-state index in [1.807, 2.05) is 7.05 Å². The van der Waals surface area contributed by atoms with Crippen molar-refractivity contribution in [3.63, 3.8) is 0 Å². The fourth-order valence-electron chi connectivity index (χ4n) is 2.12. The highest BCUT2D eigenvalue weighted by molar-refractivity contribution is 6.30. The predicted octanol–water partition coefficient (Wildman–Crippen LogP) is 4.18. The maximum Gasteiger partial charge on any atom is 0.128 e. The van der Waals surface area contributed by atoms with Crippen LogP contribution in [-0.2, 0) is 0 Å². The van der Waals surface area contributed by atoms with Crippen LogP contribution in [0.25, 0.3) is 0 Å². The van der Waals surface area contributed by atoms with E-state index in [1.54, 1.807) is 12.1 Å². The fourth-order valence-corrected chi connectivity index (χ4v) is 2.30. The van der Waals surface area contributed by atoms with Gasteiger partial charge in [0, 0.05) is 16.6 Å². The summed E-state index contributed by atoms with van der Waals surface area (Å²) in [5, 5.41) is 3.76. The van der Waals surface area contributed by atoms with Gasteiger partial charge in [0.1, 0.15) is 5.82 Å². The Morgan fingerprint density at radius 1 is 1.44 bits per heavy atom. The number of benzene rings is 1. The maximum absolute atomic E-state index is 13.7. The second kappa shape index (κ2) is 6.21. The van der Waals surface area contributed by atoms with Gasteiger partial charge >= 0.3 is 0 Å². The molecule has 0 aliphatic carbocycles. The molecule has 0 saturated carbocycles. The van der Waals surface area contributed by atoms with E-state index in [2.05, 4.69) is 19.2 Å². The van der Waals surface area contributed by atoms with E-state index in [-0.39, 0.29) is 11.9 Å². The minimum absolute atomic E-state index is 0.0265. The lowest BCUT2D eigenvalue weighted by Crippen LogP contribution is -2.24. The van der Waals surface area contributed by atoms with Crippen molar-refractivity contribution in [3.8, 4) is 0 Å². The van der Waals surface area contributed by atoms with E-state index in [9.17, 15) is 4.39 Å². The first-order valence-electron chi connectivity index (χ1n) is 5.72. The van der Waals surface area contributed by atoms with Crippen LogP contribution in [0.4, 0.5) is 4.39 Å². The first kappa shape index (κ1) is 13.5. The van der Waals surface area contributed by atoms with Crippen LogP contribution in [0.15, 0.2) is 18.2 Å². The van der Waals surface area contributed by atoms with Crippen LogP contribution in [0, 0.1) is 11.7 Å². The molecule has 16 heavy (non-hydrogen) atoms. The Bertz CT molecular complexity index is 341. The molecule has 1 rings (SSSR count). The average molecular weight is 244 g/mol. The molecule has 0 aromatic heterocycles. The second-order valence-corrected chi connectivity index (χ2v) is 4.63. The monoisotopic (exact) mass is 243 g/mol. The zero-order valence-electron chi connectivity index (χ0n) is 10.1. The van der Waals surface area contributed by atoms with Crippen molar-refractivity contribution >= 4 is 11.6 Å². The molecule has 2 atom stereocenters. The molecule has 0 radical (unpaired) electrons. The molecular formula is C13H19ClFN. The first-order valence-corrected chi connectivity index (χ1v) is 6.10. The summed E-state index contributed by atoms with van der Waals surface area (Å²) in [5.41, 5.74) is 0.663. The SMILES string of the molecule is CCCC(C)C(NC)c1cc(Cl)ccc1F. The van der Waals surface area contributed by atoms with E-state index in [0.717, 1.165) is 12.8 Å². The molecule has 1 N–H and O–H groups in total. The Hall–Kier alpha value is -0.600. The van der Waals surface area contributed by atoms with Crippen molar-refractivity contribution in [2.24, 2.45) is 5.92 Å². The second-order valence-electron chi connectivity index (χ2n) is 4.20. The molecule has 1 aromatic rings. The minimum Gasteiger partial charge on any atom is -0.313 e. The molecule has 0 saturated heterocycles. The van der Waals surface area contributed by atoms with Crippen LogP contribution in [0.3, 0.4) is 0 Å².